The average Bonchev–Trinajstić information content (AvgIpc) is 2.83. The summed E-state index contributed by atoms with van der Waals surface area (Å²) >= 11 is 0. The van der Waals surface area contributed by atoms with Crippen LogP contribution in [0, 0.1) is 0 Å². The Hall–Kier alpha value is -1.76. The van der Waals surface area contributed by atoms with Gasteiger partial charge in [0.25, 0.3) is 5.91 Å². The van der Waals surface area contributed by atoms with Gasteiger partial charge in [0.1, 0.15) is 6.10 Å². The van der Waals surface area contributed by atoms with E-state index in [9.17, 15) is 18.0 Å². The van der Waals surface area contributed by atoms with Gasteiger partial charge in [-0.3, -0.25) is 4.79 Å². The number of ether oxygens (including phenoxy) is 1. The summed E-state index contributed by atoms with van der Waals surface area (Å²) in [7, 11) is 0. The molecule has 1 heterocycles. The molecule has 0 radical (unpaired) electrons. The smallest absolute Gasteiger partial charge is 0.398 e. The van der Waals surface area contributed by atoms with Crippen LogP contribution in [0.2, 0.25) is 0 Å². The number of rotatable bonds is 2. The first kappa shape index (κ1) is 13.7. The normalized spacial score (nSPS) is 19.4. The van der Waals surface area contributed by atoms with Crippen LogP contribution in [-0.4, -0.2) is 18.6 Å². The second kappa shape index (κ2) is 5.08. The van der Waals surface area contributed by atoms with Crippen LogP contribution in [0.5, 0.6) is 0 Å². The Morgan fingerprint density at radius 1 is 1.42 bits per heavy atom. The zero-order valence-corrected chi connectivity index (χ0v) is 9.96. The molecule has 3 N–H and O–H groups in total. The Labute approximate surface area is 107 Å². The molecule has 1 aliphatic heterocycles. The number of anilines is 2. The summed E-state index contributed by atoms with van der Waals surface area (Å²) in [5.41, 5.74) is 4.00. The minimum Gasteiger partial charge on any atom is -0.398 e. The van der Waals surface area contributed by atoms with Crippen molar-refractivity contribution >= 4 is 17.3 Å². The second-order valence-electron chi connectivity index (χ2n) is 4.29. The van der Waals surface area contributed by atoms with Crippen LogP contribution in [-0.2, 0) is 15.7 Å². The molecule has 7 heteroatoms. The van der Waals surface area contributed by atoms with Crippen LogP contribution >= 0.6 is 0 Å². The molecule has 4 nitrogen and oxygen atoms in total. The van der Waals surface area contributed by atoms with E-state index in [4.69, 9.17) is 10.5 Å². The van der Waals surface area contributed by atoms with Crippen LogP contribution in [0.4, 0.5) is 24.5 Å². The quantitative estimate of drug-likeness (QED) is 0.814. The summed E-state index contributed by atoms with van der Waals surface area (Å²) in [5, 5.41) is 2.40. The molecule has 1 aliphatic rings. The maximum Gasteiger partial charge on any atom is 0.418 e. The molecule has 0 spiro atoms. The zero-order chi connectivity index (χ0) is 14.0. The van der Waals surface area contributed by atoms with Crippen molar-refractivity contribution in [1.82, 2.24) is 0 Å². The number of carbonyl (C=O) groups is 1. The minimum absolute atomic E-state index is 0.0574. The van der Waals surface area contributed by atoms with Gasteiger partial charge in [-0.2, -0.15) is 13.2 Å². The molecule has 1 aromatic carbocycles. The van der Waals surface area contributed by atoms with Crippen molar-refractivity contribution in [2.45, 2.75) is 25.1 Å². The third-order valence-corrected chi connectivity index (χ3v) is 2.85. The fourth-order valence-corrected chi connectivity index (χ4v) is 1.89. The molecule has 0 saturated carbocycles. The highest BCUT2D eigenvalue weighted by atomic mass is 19.4. The molecule has 1 aromatic rings. The van der Waals surface area contributed by atoms with E-state index < -0.39 is 23.8 Å². The first-order chi connectivity index (χ1) is 8.88. The number of carbonyl (C=O) groups excluding carboxylic acids is 1. The predicted octanol–water partition coefficient (Wildman–Crippen LogP) is 2.41. The number of benzene rings is 1. The number of nitrogens with two attached hydrogens (primary N) is 1. The van der Waals surface area contributed by atoms with E-state index in [1.165, 1.54) is 6.07 Å². The van der Waals surface area contributed by atoms with Crippen LogP contribution in [0.25, 0.3) is 0 Å². The van der Waals surface area contributed by atoms with E-state index in [1.54, 1.807) is 0 Å². The molecule has 104 valence electrons. The van der Waals surface area contributed by atoms with Crippen LogP contribution in [0.1, 0.15) is 18.4 Å². The summed E-state index contributed by atoms with van der Waals surface area (Å²) < 4.78 is 43.1. The van der Waals surface area contributed by atoms with Gasteiger partial charge < -0.3 is 15.8 Å². The van der Waals surface area contributed by atoms with Gasteiger partial charge in [-0.1, -0.05) is 0 Å². The highest BCUT2D eigenvalue weighted by Gasteiger charge is 2.33. The summed E-state index contributed by atoms with van der Waals surface area (Å²) in [5.74, 6) is -0.435. The van der Waals surface area contributed by atoms with Crippen molar-refractivity contribution in [3.05, 3.63) is 23.8 Å². The fraction of sp³-hybridized carbons (Fsp3) is 0.417. The molecule has 0 aromatic heterocycles. The Morgan fingerprint density at radius 2 is 2.16 bits per heavy atom. The molecule has 0 unspecified atom stereocenters. The first-order valence-corrected chi connectivity index (χ1v) is 5.77. The molecule has 2 rings (SSSR count). The predicted molar refractivity (Wildman–Crippen MR) is 63.5 cm³/mol. The van der Waals surface area contributed by atoms with E-state index in [-0.39, 0.29) is 11.4 Å². The highest BCUT2D eigenvalue weighted by Crippen LogP contribution is 2.35. The molecule has 0 bridgehead atoms. The van der Waals surface area contributed by atoms with Crippen molar-refractivity contribution in [2.75, 3.05) is 17.7 Å². The first-order valence-electron chi connectivity index (χ1n) is 5.77. The molecule has 1 atom stereocenters. The van der Waals surface area contributed by atoms with Gasteiger partial charge >= 0.3 is 6.18 Å². The molecule has 19 heavy (non-hydrogen) atoms. The van der Waals surface area contributed by atoms with Gasteiger partial charge in [0.15, 0.2) is 0 Å². The zero-order valence-electron chi connectivity index (χ0n) is 9.96. The molecule has 1 amide bonds. The number of nitrogen functional groups attached to an aromatic ring is 1. The maximum absolute atomic E-state index is 12.6. The maximum atomic E-state index is 12.6. The summed E-state index contributed by atoms with van der Waals surface area (Å²) in [4.78, 5) is 11.7. The summed E-state index contributed by atoms with van der Waals surface area (Å²) in [6.07, 6.45) is -3.79. The highest BCUT2D eigenvalue weighted by molar-refractivity contribution is 5.94. The standard InChI is InChI=1S/C12H13F3N2O2/c13-12(14,15)8-6-7(3-4-9(8)16)17-11(18)10-2-1-5-19-10/h3-4,6,10H,1-2,5,16H2,(H,17,18)/t10-/m0/s1. The van der Waals surface area contributed by atoms with E-state index in [2.05, 4.69) is 5.32 Å². The minimum atomic E-state index is -4.55. The lowest BCUT2D eigenvalue weighted by atomic mass is 10.1. The van der Waals surface area contributed by atoms with Crippen molar-refractivity contribution in [3.8, 4) is 0 Å². The van der Waals surface area contributed by atoms with Crippen molar-refractivity contribution < 1.29 is 22.7 Å². The molecule has 1 saturated heterocycles. The van der Waals surface area contributed by atoms with E-state index in [0.29, 0.717) is 13.0 Å². The van der Waals surface area contributed by atoms with Gasteiger partial charge in [-0.25, -0.2) is 0 Å². The van der Waals surface area contributed by atoms with Gasteiger partial charge in [-0.05, 0) is 31.0 Å². The fourth-order valence-electron chi connectivity index (χ4n) is 1.89. The van der Waals surface area contributed by atoms with Gasteiger partial charge in [0.05, 0.1) is 5.56 Å². The Kier molecular flexibility index (Phi) is 3.66. The molecular weight excluding hydrogens is 261 g/mol. The topological polar surface area (TPSA) is 64.3 Å². The number of halogens is 3. The van der Waals surface area contributed by atoms with Gasteiger partial charge in [0, 0.05) is 18.0 Å². The van der Waals surface area contributed by atoms with E-state index in [1.807, 2.05) is 0 Å². The van der Waals surface area contributed by atoms with Crippen molar-refractivity contribution in [2.24, 2.45) is 0 Å². The monoisotopic (exact) mass is 274 g/mol. The van der Waals surface area contributed by atoms with Crippen LogP contribution in [0.15, 0.2) is 18.2 Å². The molecular formula is C12H13F3N2O2. The number of amides is 1. The van der Waals surface area contributed by atoms with E-state index >= 15 is 0 Å². The third-order valence-electron chi connectivity index (χ3n) is 2.85. The molecule has 0 aliphatic carbocycles. The van der Waals surface area contributed by atoms with Crippen LogP contribution in [0.3, 0.4) is 0 Å². The lowest BCUT2D eigenvalue weighted by Gasteiger charge is -2.14. The van der Waals surface area contributed by atoms with Crippen LogP contribution < -0.4 is 11.1 Å². The Morgan fingerprint density at radius 3 is 2.74 bits per heavy atom. The Balaban J connectivity index is 2.15. The number of nitrogens with one attached hydrogen (secondary N) is 1. The number of hydrogen-bond acceptors (Lipinski definition) is 3. The number of hydrogen-bond donors (Lipinski definition) is 2. The van der Waals surface area contributed by atoms with E-state index in [0.717, 1.165) is 18.6 Å². The second-order valence-corrected chi connectivity index (χ2v) is 4.29. The molecule has 1 fully saturated rings. The lowest BCUT2D eigenvalue weighted by molar-refractivity contribution is -0.137. The van der Waals surface area contributed by atoms with Crippen molar-refractivity contribution in [3.63, 3.8) is 0 Å². The third kappa shape index (κ3) is 3.17. The van der Waals surface area contributed by atoms with Gasteiger partial charge in [-0.15, -0.1) is 0 Å². The van der Waals surface area contributed by atoms with Crippen molar-refractivity contribution in [1.29, 1.82) is 0 Å². The SMILES string of the molecule is Nc1ccc(NC(=O)[C@@H]2CCCO2)cc1C(F)(F)F. The largest absolute Gasteiger partial charge is 0.418 e. The average molecular weight is 274 g/mol. The Bertz CT molecular complexity index is 482. The summed E-state index contributed by atoms with van der Waals surface area (Å²) in [6.45, 7) is 0.494. The number of alkyl halides is 3. The lowest BCUT2D eigenvalue weighted by Crippen LogP contribution is -2.27. The summed E-state index contributed by atoms with van der Waals surface area (Å²) in [6, 6.07) is 3.27. The van der Waals surface area contributed by atoms with Gasteiger partial charge in [0.2, 0.25) is 0 Å².